The van der Waals surface area contributed by atoms with Crippen molar-refractivity contribution in [2.75, 3.05) is 25.1 Å². The molecule has 2 aliphatic carbocycles. The van der Waals surface area contributed by atoms with Gasteiger partial charge < -0.3 is 20.7 Å². The van der Waals surface area contributed by atoms with Crippen molar-refractivity contribution in [2.45, 2.75) is 50.6 Å². The van der Waals surface area contributed by atoms with Gasteiger partial charge in [-0.1, -0.05) is 18.0 Å². The largest absolute Gasteiger partial charge is 0.495 e. The van der Waals surface area contributed by atoms with Gasteiger partial charge in [0, 0.05) is 36.1 Å². The molecule has 0 radical (unpaired) electrons. The fourth-order valence-electron chi connectivity index (χ4n) is 5.33. The van der Waals surface area contributed by atoms with Crippen LogP contribution in [0.2, 0.25) is 5.02 Å². The fraction of sp³-hybridized carbons (Fsp3) is 0.667. The first-order valence-corrected chi connectivity index (χ1v) is 10.6. The molecule has 0 spiro atoms. The van der Waals surface area contributed by atoms with Crippen LogP contribution < -0.4 is 20.7 Å². The maximum absolute atomic E-state index is 12.9. The number of fused-ring (bicyclic) bond motifs is 2. The number of nitrogens with one attached hydrogen (secondary N) is 1. The molecule has 6 heteroatoms. The minimum Gasteiger partial charge on any atom is -0.495 e. The molecule has 1 saturated heterocycles. The average molecular weight is 392 g/mol. The van der Waals surface area contributed by atoms with Gasteiger partial charge in [0.2, 0.25) is 5.91 Å². The van der Waals surface area contributed by atoms with Crippen LogP contribution in [0, 0.1) is 17.8 Å². The molecule has 5 nitrogen and oxygen atoms in total. The molecule has 4 rings (SSSR count). The zero-order valence-electron chi connectivity index (χ0n) is 16.0. The first-order valence-electron chi connectivity index (χ1n) is 10.2. The van der Waals surface area contributed by atoms with E-state index < -0.39 is 0 Å². The summed E-state index contributed by atoms with van der Waals surface area (Å²) >= 11 is 6.17. The summed E-state index contributed by atoms with van der Waals surface area (Å²) in [5.74, 6) is 2.24. The van der Waals surface area contributed by atoms with Crippen LogP contribution in [-0.2, 0) is 4.79 Å². The molecule has 27 heavy (non-hydrogen) atoms. The molecule has 2 saturated carbocycles. The number of amides is 1. The van der Waals surface area contributed by atoms with Gasteiger partial charge in [-0.05, 0) is 62.1 Å². The number of nitrogens with two attached hydrogens (primary N) is 1. The lowest BCUT2D eigenvalue weighted by Crippen LogP contribution is -2.50. The minimum absolute atomic E-state index is 0.134. The molecule has 1 aromatic rings. The number of methoxy groups -OCH3 is 1. The summed E-state index contributed by atoms with van der Waals surface area (Å²) in [4.78, 5) is 15.1. The van der Waals surface area contributed by atoms with Crippen molar-refractivity contribution in [3.63, 3.8) is 0 Å². The second kappa shape index (κ2) is 7.88. The van der Waals surface area contributed by atoms with E-state index in [4.69, 9.17) is 22.1 Å². The standard InChI is InChI=1S/C21H30ClN3O2/c1-27-19-6-5-16(22)11-18(19)25-8-7-17(12-25)24-21(26)15-9-13-3-2-4-14(10-15)20(13)23/h5-6,11,13-15,17,20H,2-4,7-10,12,23H2,1H3,(H,24,26). The number of nitrogens with zero attached hydrogens (tertiary/aromatic N) is 1. The van der Waals surface area contributed by atoms with Crippen molar-refractivity contribution in [1.82, 2.24) is 5.32 Å². The molecular weight excluding hydrogens is 362 g/mol. The lowest BCUT2D eigenvalue weighted by Gasteiger charge is -2.43. The number of hydrogen-bond acceptors (Lipinski definition) is 4. The van der Waals surface area contributed by atoms with Crippen LogP contribution in [0.25, 0.3) is 0 Å². The Morgan fingerprint density at radius 2 is 2.00 bits per heavy atom. The van der Waals surface area contributed by atoms with Crippen molar-refractivity contribution >= 4 is 23.2 Å². The Morgan fingerprint density at radius 1 is 1.26 bits per heavy atom. The molecule has 0 aromatic heterocycles. The monoisotopic (exact) mass is 391 g/mol. The highest BCUT2D eigenvalue weighted by molar-refractivity contribution is 6.30. The van der Waals surface area contributed by atoms with Crippen LogP contribution in [0.3, 0.4) is 0 Å². The quantitative estimate of drug-likeness (QED) is 0.827. The van der Waals surface area contributed by atoms with Crippen LogP contribution >= 0.6 is 11.6 Å². The Morgan fingerprint density at radius 3 is 2.70 bits per heavy atom. The summed E-state index contributed by atoms with van der Waals surface area (Å²) in [7, 11) is 1.67. The van der Waals surface area contributed by atoms with E-state index in [1.54, 1.807) is 7.11 Å². The zero-order valence-corrected chi connectivity index (χ0v) is 16.8. The van der Waals surface area contributed by atoms with Crippen molar-refractivity contribution in [1.29, 1.82) is 0 Å². The van der Waals surface area contributed by atoms with E-state index in [-0.39, 0.29) is 17.9 Å². The van der Waals surface area contributed by atoms with Crippen LogP contribution in [0.5, 0.6) is 5.75 Å². The van der Waals surface area contributed by atoms with Gasteiger partial charge >= 0.3 is 0 Å². The highest BCUT2D eigenvalue weighted by atomic mass is 35.5. The molecule has 3 atom stereocenters. The second-order valence-corrected chi connectivity index (χ2v) is 8.89. The Kier molecular flexibility index (Phi) is 5.51. The van der Waals surface area contributed by atoms with Crippen LogP contribution in [0.15, 0.2) is 18.2 Å². The van der Waals surface area contributed by atoms with E-state index in [0.717, 1.165) is 43.8 Å². The highest BCUT2D eigenvalue weighted by Crippen LogP contribution is 2.42. The van der Waals surface area contributed by atoms with Gasteiger partial charge in [0.15, 0.2) is 0 Å². The topological polar surface area (TPSA) is 67.6 Å². The lowest BCUT2D eigenvalue weighted by atomic mass is 9.65. The molecule has 3 unspecified atom stereocenters. The molecule has 3 aliphatic rings. The summed E-state index contributed by atoms with van der Waals surface area (Å²) in [5.41, 5.74) is 7.37. The first-order chi connectivity index (χ1) is 13.0. The third-order valence-corrected chi connectivity index (χ3v) is 7.04. The number of halogens is 1. The van der Waals surface area contributed by atoms with Crippen LogP contribution in [-0.4, -0.2) is 38.2 Å². The number of hydrogen-bond donors (Lipinski definition) is 2. The van der Waals surface area contributed by atoms with Gasteiger partial charge in [-0.3, -0.25) is 4.79 Å². The van der Waals surface area contributed by atoms with Gasteiger partial charge in [-0.2, -0.15) is 0 Å². The van der Waals surface area contributed by atoms with Gasteiger partial charge in [-0.25, -0.2) is 0 Å². The minimum atomic E-state index is 0.134. The third kappa shape index (κ3) is 3.90. The van der Waals surface area contributed by atoms with Crippen LogP contribution in [0.1, 0.15) is 38.5 Å². The molecule has 1 amide bonds. The third-order valence-electron chi connectivity index (χ3n) is 6.80. The summed E-state index contributed by atoms with van der Waals surface area (Å²) in [6.45, 7) is 1.68. The summed E-state index contributed by atoms with van der Waals surface area (Å²) < 4.78 is 5.48. The Hall–Kier alpha value is -1.46. The Balaban J connectivity index is 1.36. The first kappa shape index (κ1) is 18.9. The molecule has 1 heterocycles. The molecule has 1 aromatic carbocycles. The zero-order chi connectivity index (χ0) is 19.0. The van der Waals surface area contributed by atoms with Gasteiger partial charge in [0.25, 0.3) is 0 Å². The molecule has 1 aliphatic heterocycles. The molecule has 148 valence electrons. The van der Waals surface area contributed by atoms with E-state index in [1.165, 1.54) is 19.3 Å². The highest BCUT2D eigenvalue weighted by Gasteiger charge is 2.41. The Bertz CT molecular complexity index is 684. The van der Waals surface area contributed by atoms with Gasteiger partial charge in [0.05, 0.1) is 12.8 Å². The maximum Gasteiger partial charge on any atom is 0.223 e. The van der Waals surface area contributed by atoms with Crippen molar-refractivity contribution < 1.29 is 9.53 Å². The number of ether oxygens (including phenoxy) is 1. The Labute approximate surface area is 166 Å². The van der Waals surface area contributed by atoms with E-state index in [0.29, 0.717) is 22.9 Å². The number of carbonyl (C=O) groups excluding carboxylic acids is 1. The van der Waals surface area contributed by atoms with E-state index in [9.17, 15) is 4.79 Å². The van der Waals surface area contributed by atoms with Gasteiger partial charge in [0.1, 0.15) is 5.75 Å². The van der Waals surface area contributed by atoms with E-state index in [2.05, 4.69) is 10.2 Å². The molecule has 3 N–H and O–H groups in total. The average Bonchev–Trinajstić information content (AvgIpc) is 3.09. The van der Waals surface area contributed by atoms with Crippen molar-refractivity contribution in [3.8, 4) is 5.75 Å². The molecule has 3 fully saturated rings. The normalized spacial score (nSPS) is 33.0. The number of carbonyl (C=O) groups is 1. The number of anilines is 1. The molecule has 2 bridgehead atoms. The fourth-order valence-corrected chi connectivity index (χ4v) is 5.50. The molecular formula is C21H30ClN3O2. The van der Waals surface area contributed by atoms with E-state index in [1.807, 2.05) is 18.2 Å². The van der Waals surface area contributed by atoms with Crippen molar-refractivity contribution in [2.24, 2.45) is 23.5 Å². The van der Waals surface area contributed by atoms with E-state index >= 15 is 0 Å². The summed E-state index contributed by atoms with van der Waals surface area (Å²) in [6.07, 6.45) is 6.52. The predicted molar refractivity (Wildman–Crippen MR) is 108 cm³/mol. The summed E-state index contributed by atoms with van der Waals surface area (Å²) in [6, 6.07) is 6.16. The number of benzene rings is 1. The predicted octanol–water partition coefficient (Wildman–Crippen LogP) is 3.20. The lowest BCUT2D eigenvalue weighted by molar-refractivity contribution is -0.128. The van der Waals surface area contributed by atoms with Gasteiger partial charge in [-0.15, -0.1) is 0 Å². The smallest absolute Gasteiger partial charge is 0.223 e. The number of rotatable bonds is 4. The second-order valence-electron chi connectivity index (χ2n) is 8.45. The maximum atomic E-state index is 12.9. The SMILES string of the molecule is COc1ccc(Cl)cc1N1CCC(NC(=O)C2CC3CCCC(C2)C3N)C1. The summed E-state index contributed by atoms with van der Waals surface area (Å²) in [5, 5.41) is 4.01. The van der Waals surface area contributed by atoms with Crippen molar-refractivity contribution in [3.05, 3.63) is 23.2 Å². The van der Waals surface area contributed by atoms with Crippen LogP contribution in [0.4, 0.5) is 5.69 Å².